The molecule has 0 amide bonds. The second-order valence-electron chi connectivity index (χ2n) is 17.0. The summed E-state index contributed by atoms with van der Waals surface area (Å²) in [6.45, 7) is 6.73. The molecule has 1 saturated carbocycles. The van der Waals surface area contributed by atoms with Gasteiger partial charge in [0.25, 0.3) is 0 Å². The molecule has 1 fully saturated rings. The van der Waals surface area contributed by atoms with Crippen molar-refractivity contribution in [3.63, 3.8) is 0 Å². The minimum absolute atomic E-state index is 0. The van der Waals surface area contributed by atoms with E-state index < -0.39 is 13.3 Å². The van der Waals surface area contributed by atoms with Crippen LogP contribution in [0.4, 0.5) is 0 Å². The molecular weight excluding hydrogens is 935 g/mol. The number of pyridine rings is 3. The van der Waals surface area contributed by atoms with E-state index in [1.165, 1.54) is 54.0 Å². The molecule has 4 heterocycles. The van der Waals surface area contributed by atoms with Gasteiger partial charge < -0.3 is 14.4 Å². The van der Waals surface area contributed by atoms with Crippen LogP contribution in [0.1, 0.15) is 63.5 Å². The Labute approximate surface area is 354 Å². The number of rotatable bonds is 8. The number of furan rings is 1. The monoisotopic (exact) mass is 988 g/mol. The summed E-state index contributed by atoms with van der Waals surface area (Å²) in [6.07, 6.45) is 14.1. The third-order valence-electron chi connectivity index (χ3n) is 11.7. The molecule has 0 N–H and O–H groups in total. The van der Waals surface area contributed by atoms with Crippen molar-refractivity contribution in [3.05, 3.63) is 145 Å². The molecule has 1 unspecified atom stereocenters. The molecule has 1 radical (unpaired) electrons. The molecule has 4 aromatic carbocycles. The molecule has 0 spiro atoms. The summed E-state index contributed by atoms with van der Waals surface area (Å²) in [5.74, 6) is 9.35. The number of hydrogen-bond acceptors (Lipinski definition) is 4. The molecule has 291 valence electrons. The standard InChI is InChI=1S/C27H23N2O.C24H28GeN.Ir/c1-17(2)18(3)20-11-12-28-24(14-20)22-15-26-27(29-16-22)23-13-21(9-10-25(23)30-26)19-7-5-4-6-8-19;1-25(2,3)23-17-26-24(16-20(23)15-18-9-4-5-10-18)22-14-8-12-19-11-6-7-13-21(19)22;/h4-15,17-18H,1-3H3;6-8,11-13,16-18H,4-5,9-10,15H2,1-3H3;/q2*-1;. The molecule has 0 saturated heterocycles. The van der Waals surface area contributed by atoms with Crippen molar-refractivity contribution in [2.24, 2.45) is 11.8 Å². The molecule has 8 aromatic rings. The Bertz CT molecular complexity index is 2620. The maximum Gasteiger partial charge on any atom is 0 e. The first kappa shape index (κ1) is 40.8. The van der Waals surface area contributed by atoms with Gasteiger partial charge in [-0.3, -0.25) is 0 Å². The van der Waals surface area contributed by atoms with Crippen molar-refractivity contribution in [3.8, 4) is 33.6 Å². The summed E-state index contributed by atoms with van der Waals surface area (Å²) in [7, 11) is 0. The summed E-state index contributed by atoms with van der Waals surface area (Å²) < 4.78 is 7.70. The molecule has 0 bridgehead atoms. The van der Waals surface area contributed by atoms with Crippen LogP contribution in [-0.4, -0.2) is 28.2 Å². The van der Waals surface area contributed by atoms with Gasteiger partial charge >= 0.3 is 160 Å². The SMILES string of the molecule is CC(C)C(C)c1ccnc(-c2[c-]nc3c(c2)oc2ccc(-c4ccccc4)cc23)c1.[CH3][Ge]([CH3])([CH3])[c]1cnc(-c2[c-]ccc3ccccc23)cc1CC1CCCC1.[Ir]. The van der Waals surface area contributed by atoms with E-state index in [4.69, 9.17) is 9.40 Å². The fourth-order valence-electron chi connectivity index (χ4n) is 8.18. The molecule has 0 aliphatic heterocycles. The Balaban J connectivity index is 0.000000173. The fourth-order valence-corrected chi connectivity index (χ4v) is 11.5. The molecule has 1 aliphatic rings. The van der Waals surface area contributed by atoms with Crippen LogP contribution in [0.25, 0.3) is 66.5 Å². The van der Waals surface area contributed by atoms with Gasteiger partial charge in [0.1, 0.15) is 5.58 Å². The first-order valence-electron chi connectivity index (χ1n) is 20.3. The minimum Gasteiger partial charge on any atom is 0 e. The Morgan fingerprint density at radius 1 is 0.754 bits per heavy atom. The van der Waals surface area contributed by atoms with Crippen molar-refractivity contribution in [2.45, 2.75) is 76.1 Å². The maximum absolute atomic E-state index is 6.11. The summed E-state index contributed by atoms with van der Waals surface area (Å²) in [6, 6.07) is 41.4. The molecule has 4 nitrogen and oxygen atoms in total. The van der Waals surface area contributed by atoms with Crippen molar-refractivity contribution in [1.29, 1.82) is 0 Å². The normalized spacial score (nSPS) is 13.8. The van der Waals surface area contributed by atoms with Crippen LogP contribution in [0.2, 0.25) is 17.3 Å². The summed E-state index contributed by atoms with van der Waals surface area (Å²) >= 11 is -1.93. The van der Waals surface area contributed by atoms with Gasteiger partial charge in [-0.25, -0.2) is 0 Å². The quantitative estimate of drug-likeness (QED) is 0.112. The van der Waals surface area contributed by atoms with Crippen LogP contribution in [0.5, 0.6) is 0 Å². The van der Waals surface area contributed by atoms with Crippen LogP contribution < -0.4 is 4.40 Å². The van der Waals surface area contributed by atoms with E-state index in [0.29, 0.717) is 11.8 Å². The van der Waals surface area contributed by atoms with Gasteiger partial charge in [0.2, 0.25) is 0 Å². The predicted molar refractivity (Wildman–Crippen MR) is 237 cm³/mol. The second kappa shape index (κ2) is 17.6. The molecule has 1 atom stereocenters. The minimum atomic E-state index is -1.93. The molecule has 9 rings (SSSR count). The first-order valence-corrected chi connectivity index (χ1v) is 27.6. The van der Waals surface area contributed by atoms with Crippen LogP contribution in [0, 0.1) is 24.1 Å². The van der Waals surface area contributed by atoms with E-state index in [9.17, 15) is 0 Å². The Hall–Kier alpha value is -4.42. The van der Waals surface area contributed by atoms with E-state index in [1.807, 2.05) is 42.6 Å². The zero-order chi connectivity index (χ0) is 38.8. The predicted octanol–water partition coefficient (Wildman–Crippen LogP) is 13.2. The Morgan fingerprint density at radius 2 is 1.53 bits per heavy atom. The molecule has 6 heteroatoms. The average molecular weight is 987 g/mol. The van der Waals surface area contributed by atoms with E-state index >= 15 is 0 Å². The van der Waals surface area contributed by atoms with E-state index in [-0.39, 0.29) is 20.1 Å². The third-order valence-corrected chi connectivity index (χ3v) is 16.0. The summed E-state index contributed by atoms with van der Waals surface area (Å²) in [4.78, 5) is 14.1. The topological polar surface area (TPSA) is 51.8 Å². The maximum atomic E-state index is 6.11. The van der Waals surface area contributed by atoms with Gasteiger partial charge in [-0.15, -0.1) is 5.56 Å². The van der Waals surface area contributed by atoms with Crippen molar-refractivity contribution in [2.75, 3.05) is 0 Å². The molecule has 1 aliphatic carbocycles. The van der Waals surface area contributed by atoms with Crippen molar-refractivity contribution < 1.29 is 24.5 Å². The Kier molecular flexibility index (Phi) is 12.6. The number of hydrogen-bond donors (Lipinski definition) is 0. The summed E-state index contributed by atoms with van der Waals surface area (Å²) in [5.41, 5.74) is 11.5. The Morgan fingerprint density at radius 3 is 2.30 bits per heavy atom. The van der Waals surface area contributed by atoms with Gasteiger partial charge in [0, 0.05) is 37.2 Å². The smallest absolute Gasteiger partial charge is 0 e. The number of benzene rings is 4. The van der Waals surface area contributed by atoms with Gasteiger partial charge in [0.05, 0.1) is 5.58 Å². The number of fused-ring (bicyclic) bond motifs is 4. The second-order valence-corrected chi connectivity index (χ2v) is 27.5. The van der Waals surface area contributed by atoms with E-state index in [1.54, 1.807) is 9.96 Å². The average Bonchev–Trinajstić information content (AvgIpc) is 3.87. The number of aromatic nitrogens is 3. The zero-order valence-corrected chi connectivity index (χ0v) is 38.4. The van der Waals surface area contributed by atoms with Crippen molar-refractivity contribution in [1.82, 2.24) is 15.0 Å². The molecular formula is C51H51GeIrN3O-2. The largest absolute Gasteiger partial charge is 0 e. The first-order chi connectivity index (χ1) is 27.1. The third kappa shape index (κ3) is 9.02. The van der Waals surface area contributed by atoms with Gasteiger partial charge in [0.15, 0.2) is 0 Å². The van der Waals surface area contributed by atoms with Crippen LogP contribution >= 0.6 is 0 Å². The van der Waals surface area contributed by atoms with E-state index in [0.717, 1.165) is 56.1 Å². The van der Waals surface area contributed by atoms with Crippen LogP contribution in [0.15, 0.2) is 126 Å². The van der Waals surface area contributed by atoms with Crippen LogP contribution in [0.3, 0.4) is 0 Å². The zero-order valence-electron chi connectivity index (χ0n) is 33.9. The molecule has 4 aromatic heterocycles. The molecule has 57 heavy (non-hydrogen) atoms. The van der Waals surface area contributed by atoms with Gasteiger partial charge in [-0.2, -0.15) is 0 Å². The fraction of sp³-hybridized carbons (Fsp3) is 0.275. The van der Waals surface area contributed by atoms with E-state index in [2.05, 4.69) is 139 Å². The van der Waals surface area contributed by atoms with Gasteiger partial charge in [-0.05, 0) is 47.0 Å². The van der Waals surface area contributed by atoms with Crippen molar-refractivity contribution >= 4 is 50.5 Å². The van der Waals surface area contributed by atoms with Crippen LogP contribution in [-0.2, 0) is 26.5 Å². The number of nitrogens with zero attached hydrogens (tertiary/aromatic N) is 3. The van der Waals surface area contributed by atoms with Gasteiger partial charge in [-0.1, -0.05) is 80.9 Å². The summed E-state index contributed by atoms with van der Waals surface area (Å²) in [5, 5.41) is 3.52.